The van der Waals surface area contributed by atoms with E-state index in [1.165, 1.54) is 10.3 Å². The summed E-state index contributed by atoms with van der Waals surface area (Å²) in [4.78, 5) is 11.8. The van der Waals surface area contributed by atoms with Crippen LogP contribution in [0.4, 0.5) is 5.69 Å². The molecule has 3 aromatic heterocycles. The van der Waals surface area contributed by atoms with Gasteiger partial charge in [0.05, 0.1) is 27.6 Å². The number of aryl methyl sites for hydroxylation is 1. The van der Waals surface area contributed by atoms with Crippen LogP contribution in [-0.2, 0) is 0 Å². The van der Waals surface area contributed by atoms with Crippen molar-refractivity contribution in [3.8, 4) is 5.13 Å². The minimum Gasteiger partial charge on any atom is -0.351 e. The first-order valence-electron chi connectivity index (χ1n) is 10.8. The summed E-state index contributed by atoms with van der Waals surface area (Å²) in [6.07, 6.45) is 3.91. The third-order valence-corrected chi connectivity index (χ3v) is 7.30. The molecule has 5 nitrogen and oxygen atoms in total. The second-order valence-electron chi connectivity index (χ2n) is 8.10. The topological polar surface area (TPSA) is 46.0 Å². The van der Waals surface area contributed by atoms with Gasteiger partial charge < -0.3 is 10.2 Å². The van der Waals surface area contributed by atoms with Gasteiger partial charge in [-0.2, -0.15) is 0 Å². The molecule has 2 aromatic carbocycles. The number of aromatic nitrogens is 3. The van der Waals surface area contributed by atoms with Crippen LogP contribution in [-0.4, -0.2) is 19.6 Å². The summed E-state index contributed by atoms with van der Waals surface area (Å²) in [7, 11) is 0. The van der Waals surface area contributed by atoms with Crippen molar-refractivity contribution in [1.29, 1.82) is 0 Å². The number of pyridine rings is 1. The van der Waals surface area contributed by atoms with E-state index < -0.39 is 0 Å². The maximum absolute atomic E-state index is 5.87. The fourth-order valence-corrected chi connectivity index (χ4v) is 5.80. The molecule has 0 bridgehead atoms. The summed E-state index contributed by atoms with van der Waals surface area (Å²) >= 11 is 7.56. The minimum atomic E-state index is -0.0951. The monoisotopic (exact) mass is 467 g/mol. The van der Waals surface area contributed by atoms with Crippen molar-refractivity contribution in [2.45, 2.75) is 19.0 Å². The van der Waals surface area contributed by atoms with Crippen LogP contribution in [0.15, 0.2) is 91.3 Å². The van der Waals surface area contributed by atoms with E-state index in [0.717, 1.165) is 27.7 Å². The normalized spacial score (nSPS) is 18.1. The fourth-order valence-electron chi connectivity index (χ4n) is 4.48. The molecule has 0 saturated carbocycles. The largest absolute Gasteiger partial charge is 0.351 e. The van der Waals surface area contributed by atoms with Gasteiger partial charge in [-0.25, -0.2) is 4.98 Å². The van der Waals surface area contributed by atoms with Crippen molar-refractivity contribution in [3.05, 3.63) is 108 Å². The number of benzene rings is 2. The molecular weight excluding hydrogens is 446 g/mol. The van der Waals surface area contributed by atoms with Gasteiger partial charge in [-0.1, -0.05) is 41.7 Å². The molecule has 1 fully saturated rings. The van der Waals surface area contributed by atoms with E-state index in [1.54, 1.807) is 11.3 Å². The summed E-state index contributed by atoms with van der Waals surface area (Å²) in [5, 5.41) is 5.18. The van der Waals surface area contributed by atoms with Crippen molar-refractivity contribution in [2.75, 3.05) is 4.90 Å². The average molecular weight is 468 g/mol. The molecule has 33 heavy (non-hydrogen) atoms. The molecule has 0 amide bonds. The second kappa shape index (κ2) is 8.10. The molecule has 0 spiro atoms. The number of anilines is 1. The summed E-state index contributed by atoms with van der Waals surface area (Å²) in [5.74, 6) is 0. The summed E-state index contributed by atoms with van der Waals surface area (Å²) in [5.41, 5.74) is 5.33. The van der Waals surface area contributed by atoms with Gasteiger partial charge in [-0.05, 0) is 73.2 Å². The molecule has 0 radical (unpaired) electrons. The van der Waals surface area contributed by atoms with Gasteiger partial charge in [0.25, 0.3) is 0 Å². The van der Waals surface area contributed by atoms with Crippen LogP contribution in [0.3, 0.4) is 0 Å². The van der Waals surface area contributed by atoms with E-state index in [4.69, 9.17) is 17.2 Å². The summed E-state index contributed by atoms with van der Waals surface area (Å²) in [6.45, 7) is 2.10. The zero-order chi connectivity index (χ0) is 22.4. The van der Waals surface area contributed by atoms with Crippen LogP contribution >= 0.6 is 23.6 Å². The van der Waals surface area contributed by atoms with Crippen LogP contribution in [0.2, 0.25) is 0 Å². The van der Waals surface area contributed by atoms with Gasteiger partial charge in [-0.15, -0.1) is 0 Å². The Labute approximate surface area is 201 Å². The summed E-state index contributed by atoms with van der Waals surface area (Å²) < 4.78 is 3.35. The van der Waals surface area contributed by atoms with Crippen molar-refractivity contribution < 1.29 is 0 Å². The number of nitrogens with zero attached hydrogens (tertiary/aromatic N) is 4. The van der Waals surface area contributed by atoms with Crippen LogP contribution in [0.5, 0.6) is 0 Å². The van der Waals surface area contributed by atoms with E-state index in [1.807, 2.05) is 24.4 Å². The van der Waals surface area contributed by atoms with E-state index in [9.17, 15) is 0 Å². The molecular formula is C26H21N5S2. The lowest BCUT2D eigenvalue weighted by atomic mass is 10.0. The molecule has 162 valence electrons. The van der Waals surface area contributed by atoms with E-state index in [-0.39, 0.29) is 12.1 Å². The number of nitrogens with one attached hydrogen (secondary N) is 1. The predicted molar refractivity (Wildman–Crippen MR) is 138 cm³/mol. The van der Waals surface area contributed by atoms with Gasteiger partial charge in [0.15, 0.2) is 10.2 Å². The lowest BCUT2D eigenvalue weighted by Crippen LogP contribution is -2.30. The highest BCUT2D eigenvalue weighted by Crippen LogP contribution is 2.42. The Hall–Kier alpha value is -3.55. The molecule has 4 heterocycles. The molecule has 6 rings (SSSR count). The standard InChI is InChI=1S/C26H21N5S2/c1-17-8-6-9-18(16-17)31-24(23(29-25(31)32)20-11-4-5-14-27-20)21-12-7-15-30(21)26-28-19-10-2-3-13-22(19)33-26/h2-16,23-24H,1H3,(H,29,32)/t23-,24-/m1/s1. The van der Waals surface area contributed by atoms with E-state index in [2.05, 4.69) is 93.6 Å². The Kier molecular flexibility index (Phi) is 4.93. The van der Waals surface area contributed by atoms with Gasteiger partial charge in [0, 0.05) is 18.1 Å². The Morgan fingerprint density at radius 2 is 1.85 bits per heavy atom. The third-order valence-electron chi connectivity index (χ3n) is 5.95. The first-order valence-corrected chi connectivity index (χ1v) is 12.0. The number of fused-ring (bicyclic) bond motifs is 1. The zero-order valence-corrected chi connectivity index (χ0v) is 19.6. The molecule has 1 N–H and O–H groups in total. The first kappa shape index (κ1) is 20.1. The van der Waals surface area contributed by atoms with Gasteiger partial charge in [-0.3, -0.25) is 9.55 Å². The Morgan fingerprint density at radius 3 is 2.67 bits per heavy atom. The number of para-hydroxylation sites is 1. The third kappa shape index (κ3) is 3.50. The average Bonchev–Trinajstić information content (AvgIpc) is 3.55. The lowest BCUT2D eigenvalue weighted by molar-refractivity contribution is 0.549. The lowest BCUT2D eigenvalue weighted by Gasteiger charge is -2.28. The van der Waals surface area contributed by atoms with Crippen molar-refractivity contribution in [1.82, 2.24) is 19.9 Å². The van der Waals surface area contributed by atoms with Crippen molar-refractivity contribution >= 4 is 44.6 Å². The summed E-state index contributed by atoms with van der Waals surface area (Å²) in [6, 6.07) is 26.8. The highest BCUT2D eigenvalue weighted by molar-refractivity contribution is 7.80. The number of rotatable bonds is 4. The second-order valence-corrected chi connectivity index (χ2v) is 9.50. The highest BCUT2D eigenvalue weighted by atomic mass is 32.1. The molecule has 0 unspecified atom stereocenters. The smallest absolute Gasteiger partial charge is 0.194 e. The van der Waals surface area contributed by atoms with Gasteiger partial charge >= 0.3 is 0 Å². The first-order chi connectivity index (χ1) is 16.2. The van der Waals surface area contributed by atoms with Crippen LogP contribution in [0.1, 0.15) is 29.0 Å². The number of hydrogen-bond donors (Lipinski definition) is 1. The Morgan fingerprint density at radius 1 is 0.970 bits per heavy atom. The molecule has 1 aliphatic heterocycles. The Balaban J connectivity index is 1.52. The molecule has 1 saturated heterocycles. The number of thiocarbonyl (C=S) groups is 1. The molecule has 5 aromatic rings. The van der Waals surface area contributed by atoms with Gasteiger partial charge in [0.2, 0.25) is 0 Å². The fraction of sp³-hybridized carbons (Fsp3) is 0.115. The highest BCUT2D eigenvalue weighted by Gasteiger charge is 2.42. The molecule has 7 heteroatoms. The molecule has 1 aliphatic rings. The zero-order valence-electron chi connectivity index (χ0n) is 17.9. The number of hydrogen-bond acceptors (Lipinski definition) is 4. The van der Waals surface area contributed by atoms with Crippen molar-refractivity contribution in [2.24, 2.45) is 0 Å². The maximum Gasteiger partial charge on any atom is 0.194 e. The van der Waals surface area contributed by atoms with Crippen molar-refractivity contribution in [3.63, 3.8) is 0 Å². The maximum atomic E-state index is 5.87. The van der Waals surface area contributed by atoms with Gasteiger partial charge in [0.1, 0.15) is 6.04 Å². The predicted octanol–water partition coefficient (Wildman–Crippen LogP) is 5.97. The molecule has 2 atom stereocenters. The van der Waals surface area contributed by atoms with E-state index in [0.29, 0.717) is 5.11 Å². The SMILES string of the molecule is Cc1cccc(N2C(=S)N[C@H](c3ccccn3)[C@H]2c2cccn2-c2nc3ccccc3s2)c1. The van der Waals surface area contributed by atoms with Crippen LogP contribution in [0.25, 0.3) is 15.3 Å². The number of thiazole rings is 1. The van der Waals surface area contributed by atoms with Crippen LogP contribution in [0, 0.1) is 6.92 Å². The Bertz CT molecular complexity index is 1420. The van der Waals surface area contributed by atoms with E-state index >= 15 is 0 Å². The molecule has 0 aliphatic carbocycles. The quantitative estimate of drug-likeness (QED) is 0.330. The minimum absolute atomic E-state index is 0.0868. The van der Waals surface area contributed by atoms with Crippen LogP contribution < -0.4 is 10.2 Å².